The second-order valence-electron chi connectivity index (χ2n) is 3.09. The highest BCUT2D eigenvalue weighted by Gasteiger charge is 2.36. The third kappa shape index (κ3) is 2.82. The molecule has 0 saturated carbocycles. The van der Waals surface area contributed by atoms with Crippen LogP contribution in [0.4, 0.5) is 22.0 Å². The first-order valence-electron chi connectivity index (χ1n) is 4.44. The summed E-state index contributed by atoms with van der Waals surface area (Å²) in [7, 11) is 1.04. The molecular formula is C9H9F5N2O. The van der Waals surface area contributed by atoms with E-state index in [1.165, 1.54) is 0 Å². The maximum Gasteiger partial charge on any atom is 0.416 e. The van der Waals surface area contributed by atoms with Crippen molar-refractivity contribution in [2.45, 2.75) is 19.1 Å². The zero-order chi connectivity index (χ0) is 13.2. The van der Waals surface area contributed by atoms with Crippen LogP contribution >= 0.6 is 0 Å². The van der Waals surface area contributed by atoms with Crippen molar-refractivity contribution in [2.24, 2.45) is 5.73 Å². The number of hydrogen-bond acceptors (Lipinski definition) is 3. The van der Waals surface area contributed by atoms with Crippen LogP contribution in [0.15, 0.2) is 6.07 Å². The fourth-order valence-electron chi connectivity index (χ4n) is 1.30. The Kier molecular flexibility index (Phi) is 3.87. The minimum absolute atomic E-state index is 0.287. The van der Waals surface area contributed by atoms with Crippen LogP contribution in [0.3, 0.4) is 0 Å². The molecule has 1 aromatic rings. The van der Waals surface area contributed by atoms with E-state index >= 15 is 0 Å². The summed E-state index contributed by atoms with van der Waals surface area (Å²) in [5.41, 5.74) is 2.46. The highest BCUT2D eigenvalue weighted by molar-refractivity contribution is 5.39. The van der Waals surface area contributed by atoms with Crippen molar-refractivity contribution in [1.29, 1.82) is 0 Å². The number of nitrogens with zero attached hydrogens (tertiary/aromatic N) is 1. The molecule has 2 N–H and O–H groups in total. The van der Waals surface area contributed by atoms with Gasteiger partial charge in [-0.1, -0.05) is 0 Å². The lowest BCUT2D eigenvalue weighted by Gasteiger charge is -2.15. The van der Waals surface area contributed by atoms with Crippen molar-refractivity contribution >= 4 is 0 Å². The van der Waals surface area contributed by atoms with E-state index in [0.717, 1.165) is 7.11 Å². The first-order valence-corrected chi connectivity index (χ1v) is 4.44. The smallest absolute Gasteiger partial charge is 0.416 e. The second kappa shape index (κ2) is 4.82. The van der Waals surface area contributed by atoms with E-state index < -0.39 is 41.8 Å². The summed E-state index contributed by atoms with van der Waals surface area (Å²) in [6.07, 6.45) is -7.90. The van der Waals surface area contributed by atoms with Crippen molar-refractivity contribution < 1.29 is 26.7 Å². The van der Waals surface area contributed by atoms with Gasteiger partial charge in [0.25, 0.3) is 6.43 Å². The van der Waals surface area contributed by atoms with E-state index in [-0.39, 0.29) is 6.07 Å². The molecule has 0 aliphatic rings. The average Bonchev–Trinajstić information content (AvgIpc) is 2.25. The monoisotopic (exact) mass is 256 g/mol. The molecule has 1 aromatic heterocycles. The lowest BCUT2D eigenvalue weighted by molar-refractivity contribution is -0.138. The number of aromatic nitrogens is 1. The van der Waals surface area contributed by atoms with E-state index in [1.54, 1.807) is 0 Å². The Labute approximate surface area is 93.4 Å². The maximum absolute atomic E-state index is 12.6. The van der Waals surface area contributed by atoms with E-state index in [1.807, 2.05) is 0 Å². The largest absolute Gasteiger partial charge is 0.481 e. The van der Waals surface area contributed by atoms with Gasteiger partial charge in [0.05, 0.1) is 12.7 Å². The second-order valence-corrected chi connectivity index (χ2v) is 3.09. The van der Waals surface area contributed by atoms with Crippen LogP contribution in [-0.4, -0.2) is 12.1 Å². The van der Waals surface area contributed by atoms with Crippen LogP contribution in [0.5, 0.6) is 5.88 Å². The van der Waals surface area contributed by atoms with Gasteiger partial charge in [0.2, 0.25) is 5.88 Å². The number of methoxy groups -OCH3 is 1. The molecule has 0 aliphatic heterocycles. The lowest BCUT2D eigenvalue weighted by atomic mass is 10.1. The van der Waals surface area contributed by atoms with Gasteiger partial charge in [-0.15, -0.1) is 0 Å². The van der Waals surface area contributed by atoms with E-state index in [9.17, 15) is 22.0 Å². The van der Waals surface area contributed by atoms with Gasteiger partial charge in [-0.25, -0.2) is 13.8 Å². The van der Waals surface area contributed by atoms with Crippen molar-refractivity contribution in [1.82, 2.24) is 4.98 Å². The fourth-order valence-corrected chi connectivity index (χ4v) is 1.30. The summed E-state index contributed by atoms with van der Waals surface area (Å²) in [5.74, 6) is -0.530. The number of nitrogens with two attached hydrogens (primary N) is 1. The minimum Gasteiger partial charge on any atom is -0.481 e. The Morgan fingerprint density at radius 1 is 1.41 bits per heavy atom. The van der Waals surface area contributed by atoms with Gasteiger partial charge < -0.3 is 10.5 Å². The molecule has 0 amide bonds. The van der Waals surface area contributed by atoms with Crippen molar-refractivity contribution in [3.63, 3.8) is 0 Å². The van der Waals surface area contributed by atoms with E-state index in [0.29, 0.717) is 0 Å². The lowest BCUT2D eigenvalue weighted by Crippen LogP contribution is -2.15. The van der Waals surface area contributed by atoms with Crippen LogP contribution in [0.1, 0.15) is 23.2 Å². The fraction of sp³-hybridized carbons (Fsp3) is 0.444. The first kappa shape index (κ1) is 13.6. The number of alkyl halides is 5. The maximum atomic E-state index is 12.6. The van der Waals surface area contributed by atoms with Gasteiger partial charge in [0.15, 0.2) is 0 Å². The topological polar surface area (TPSA) is 48.1 Å². The Morgan fingerprint density at radius 3 is 2.35 bits per heavy atom. The normalized spacial score (nSPS) is 12.0. The molecule has 0 saturated heterocycles. The van der Waals surface area contributed by atoms with Crippen molar-refractivity contribution in [3.05, 3.63) is 22.9 Å². The molecular weight excluding hydrogens is 247 g/mol. The Morgan fingerprint density at radius 2 is 2.00 bits per heavy atom. The van der Waals surface area contributed by atoms with Gasteiger partial charge in [-0.2, -0.15) is 13.2 Å². The molecule has 0 radical (unpaired) electrons. The van der Waals surface area contributed by atoms with Crippen LogP contribution in [-0.2, 0) is 12.7 Å². The van der Waals surface area contributed by atoms with Gasteiger partial charge in [0.1, 0.15) is 5.69 Å². The number of halogens is 5. The molecule has 0 aliphatic carbocycles. The zero-order valence-electron chi connectivity index (χ0n) is 8.68. The van der Waals surface area contributed by atoms with Crippen LogP contribution < -0.4 is 10.5 Å². The van der Waals surface area contributed by atoms with Gasteiger partial charge in [-0.05, 0) is 6.07 Å². The third-order valence-electron chi connectivity index (χ3n) is 2.03. The number of hydrogen-bond donors (Lipinski definition) is 1. The Bertz CT molecular complexity index is 405. The molecule has 17 heavy (non-hydrogen) atoms. The van der Waals surface area contributed by atoms with Crippen LogP contribution in [0, 0.1) is 0 Å². The summed E-state index contributed by atoms with van der Waals surface area (Å²) >= 11 is 0. The summed E-state index contributed by atoms with van der Waals surface area (Å²) in [5, 5.41) is 0. The molecule has 0 aromatic carbocycles. The van der Waals surface area contributed by atoms with Crippen LogP contribution in [0.2, 0.25) is 0 Å². The van der Waals surface area contributed by atoms with E-state index in [2.05, 4.69) is 9.72 Å². The molecule has 8 heteroatoms. The van der Waals surface area contributed by atoms with Crippen LogP contribution in [0.25, 0.3) is 0 Å². The molecule has 0 bridgehead atoms. The molecule has 0 spiro atoms. The molecule has 0 unspecified atom stereocenters. The molecule has 1 heterocycles. The SMILES string of the molecule is COc1nc(C(F)F)cc(C(F)(F)F)c1CN. The predicted octanol–water partition coefficient (Wildman–Crippen LogP) is 2.51. The van der Waals surface area contributed by atoms with Gasteiger partial charge >= 0.3 is 6.18 Å². The van der Waals surface area contributed by atoms with Crippen molar-refractivity contribution in [2.75, 3.05) is 7.11 Å². The highest BCUT2D eigenvalue weighted by Crippen LogP contribution is 2.37. The number of ether oxygens (including phenoxy) is 1. The molecule has 1 rings (SSSR count). The van der Waals surface area contributed by atoms with Gasteiger partial charge in [-0.3, -0.25) is 0 Å². The summed E-state index contributed by atoms with van der Waals surface area (Å²) < 4.78 is 67.1. The summed E-state index contributed by atoms with van der Waals surface area (Å²) in [6, 6.07) is 0.287. The standard InChI is InChI=1S/C9H9F5N2O/c1-17-8-4(3-15)5(9(12,13)14)2-6(16-8)7(10)11/h2,7H,3,15H2,1H3. The molecule has 0 fully saturated rings. The highest BCUT2D eigenvalue weighted by atomic mass is 19.4. The number of rotatable bonds is 3. The van der Waals surface area contributed by atoms with Gasteiger partial charge in [0, 0.05) is 12.1 Å². The molecule has 96 valence electrons. The number of pyridine rings is 1. The quantitative estimate of drug-likeness (QED) is 0.845. The first-order chi connectivity index (χ1) is 7.81. The molecule has 3 nitrogen and oxygen atoms in total. The summed E-state index contributed by atoms with van der Waals surface area (Å²) in [4.78, 5) is 3.28. The van der Waals surface area contributed by atoms with Crippen molar-refractivity contribution in [3.8, 4) is 5.88 Å². The Balaban J connectivity index is 3.48. The minimum atomic E-state index is -4.78. The average molecular weight is 256 g/mol. The summed E-state index contributed by atoms with van der Waals surface area (Å²) in [6.45, 7) is -0.505. The third-order valence-corrected chi connectivity index (χ3v) is 2.03. The Hall–Kier alpha value is -1.44. The molecule has 0 atom stereocenters. The zero-order valence-corrected chi connectivity index (χ0v) is 8.68. The van der Waals surface area contributed by atoms with E-state index in [4.69, 9.17) is 5.73 Å². The predicted molar refractivity (Wildman–Crippen MR) is 48.6 cm³/mol.